The van der Waals surface area contributed by atoms with Crippen LogP contribution in [-0.4, -0.2) is 43.8 Å². The van der Waals surface area contributed by atoms with Gasteiger partial charge in [-0.15, -0.1) is 0 Å². The van der Waals surface area contributed by atoms with E-state index in [9.17, 15) is 4.79 Å². The molecule has 0 radical (unpaired) electrons. The normalized spacial score (nSPS) is 16.8. The number of carbonyl (C=O) groups excluding carboxylic acids is 1. The van der Waals surface area contributed by atoms with Gasteiger partial charge in [0.1, 0.15) is 11.0 Å². The largest absolute Gasteiger partial charge is 0.338 e. The minimum atomic E-state index is -0.0231. The molecule has 0 saturated carbocycles. The Morgan fingerprint density at radius 3 is 2.71 bits per heavy atom. The number of halogens is 1. The van der Waals surface area contributed by atoms with Crippen LogP contribution in [0, 0.1) is 6.92 Å². The molecule has 4 rings (SSSR count). The number of pyridine rings is 2. The molecular formula is C21H20ClN5O. The lowest BCUT2D eigenvalue weighted by atomic mass is 9.90. The van der Waals surface area contributed by atoms with Crippen molar-refractivity contribution < 1.29 is 4.79 Å². The molecule has 1 saturated heterocycles. The van der Waals surface area contributed by atoms with Gasteiger partial charge in [-0.3, -0.25) is 9.78 Å². The summed E-state index contributed by atoms with van der Waals surface area (Å²) >= 11 is 5.84. The molecule has 7 heteroatoms. The molecule has 1 unspecified atom stereocenters. The molecule has 1 aliphatic rings. The summed E-state index contributed by atoms with van der Waals surface area (Å²) < 4.78 is 0. The highest BCUT2D eigenvalue weighted by Gasteiger charge is 2.28. The maximum Gasteiger partial charge on any atom is 0.255 e. The molecule has 1 amide bonds. The van der Waals surface area contributed by atoms with E-state index in [1.54, 1.807) is 24.5 Å². The SMILES string of the molecule is Cc1ncc(-c2ccncc2)c(C2CCCN(C(=O)c3ccc(Cl)nc3)C2)n1. The fraction of sp³-hybridized carbons (Fsp3) is 0.286. The fourth-order valence-corrected chi connectivity index (χ4v) is 3.73. The zero-order valence-electron chi connectivity index (χ0n) is 15.5. The van der Waals surface area contributed by atoms with E-state index in [4.69, 9.17) is 16.6 Å². The van der Waals surface area contributed by atoms with Crippen LogP contribution in [0.1, 0.15) is 40.6 Å². The number of rotatable bonds is 3. The van der Waals surface area contributed by atoms with Gasteiger partial charge in [0.2, 0.25) is 0 Å². The molecule has 1 atom stereocenters. The Hall–Kier alpha value is -2.86. The number of aryl methyl sites for hydroxylation is 1. The molecule has 0 aliphatic carbocycles. The van der Waals surface area contributed by atoms with Crippen LogP contribution in [0.3, 0.4) is 0 Å². The van der Waals surface area contributed by atoms with E-state index < -0.39 is 0 Å². The van der Waals surface area contributed by atoms with Crippen LogP contribution in [0.15, 0.2) is 49.1 Å². The fourth-order valence-electron chi connectivity index (χ4n) is 3.62. The molecular weight excluding hydrogens is 374 g/mol. The highest BCUT2D eigenvalue weighted by Crippen LogP contribution is 2.33. The van der Waals surface area contributed by atoms with Gasteiger partial charge in [-0.1, -0.05) is 11.6 Å². The highest BCUT2D eigenvalue weighted by atomic mass is 35.5. The molecule has 1 fully saturated rings. The maximum atomic E-state index is 12.9. The average Bonchev–Trinajstić information content (AvgIpc) is 2.74. The minimum Gasteiger partial charge on any atom is -0.338 e. The van der Waals surface area contributed by atoms with Crippen LogP contribution in [0.5, 0.6) is 0 Å². The van der Waals surface area contributed by atoms with E-state index in [0.29, 0.717) is 17.3 Å². The second-order valence-electron chi connectivity index (χ2n) is 6.91. The number of amides is 1. The van der Waals surface area contributed by atoms with Gasteiger partial charge in [-0.05, 0) is 49.6 Å². The Bertz CT molecular complexity index is 978. The summed E-state index contributed by atoms with van der Waals surface area (Å²) in [7, 11) is 0. The molecule has 1 aliphatic heterocycles. The van der Waals surface area contributed by atoms with Crippen molar-refractivity contribution in [1.82, 2.24) is 24.8 Å². The lowest BCUT2D eigenvalue weighted by Crippen LogP contribution is -2.39. The third kappa shape index (κ3) is 3.87. The first-order valence-electron chi connectivity index (χ1n) is 9.26. The first-order valence-corrected chi connectivity index (χ1v) is 9.64. The summed E-state index contributed by atoms with van der Waals surface area (Å²) in [5.74, 6) is 0.867. The van der Waals surface area contributed by atoms with E-state index in [1.807, 2.05) is 30.2 Å². The summed E-state index contributed by atoms with van der Waals surface area (Å²) in [4.78, 5) is 32.1. The predicted octanol–water partition coefficient (Wildman–Crippen LogP) is 3.92. The molecule has 6 nitrogen and oxygen atoms in total. The molecule has 0 spiro atoms. The van der Waals surface area contributed by atoms with Crippen molar-refractivity contribution in [3.8, 4) is 11.1 Å². The molecule has 4 heterocycles. The zero-order chi connectivity index (χ0) is 19.5. The number of hydrogen-bond donors (Lipinski definition) is 0. The van der Waals surface area contributed by atoms with Gasteiger partial charge in [-0.2, -0.15) is 0 Å². The van der Waals surface area contributed by atoms with Gasteiger partial charge >= 0.3 is 0 Å². The second-order valence-corrected chi connectivity index (χ2v) is 7.30. The lowest BCUT2D eigenvalue weighted by Gasteiger charge is -2.33. The van der Waals surface area contributed by atoms with Crippen molar-refractivity contribution in [3.05, 3.63) is 71.3 Å². The Balaban J connectivity index is 1.62. The van der Waals surface area contributed by atoms with E-state index in [2.05, 4.69) is 15.0 Å². The Kier molecular flexibility index (Phi) is 5.30. The van der Waals surface area contributed by atoms with Crippen LogP contribution in [0.2, 0.25) is 5.15 Å². The van der Waals surface area contributed by atoms with Crippen LogP contribution in [0.25, 0.3) is 11.1 Å². The number of hydrogen-bond acceptors (Lipinski definition) is 5. The molecule has 3 aromatic rings. The van der Waals surface area contributed by atoms with Crippen molar-refractivity contribution in [2.75, 3.05) is 13.1 Å². The van der Waals surface area contributed by atoms with Gasteiger partial charge in [-0.25, -0.2) is 15.0 Å². The van der Waals surface area contributed by atoms with Crippen LogP contribution < -0.4 is 0 Å². The highest BCUT2D eigenvalue weighted by molar-refractivity contribution is 6.29. The summed E-state index contributed by atoms with van der Waals surface area (Å²) in [5.41, 5.74) is 3.58. The molecule has 0 N–H and O–H groups in total. The lowest BCUT2D eigenvalue weighted by molar-refractivity contribution is 0.0705. The molecule has 3 aromatic heterocycles. The standard InChI is InChI=1S/C21H20ClN5O/c1-14-24-12-18(15-6-8-23-9-7-15)20(26-14)17-3-2-10-27(13-17)21(28)16-4-5-19(22)25-11-16/h4-9,11-12,17H,2-3,10,13H2,1H3. The van der Waals surface area contributed by atoms with Gasteiger partial charge in [0, 0.05) is 49.4 Å². The van der Waals surface area contributed by atoms with E-state index in [-0.39, 0.29) is 11.8 Å². The first kappa shape index (κ1) is 18.5. The van der Waals surface area contributed by atoms with Gasteiger partial charge in [0.15, 0.2) is 0 Å². The van der Waals surface area contributed by atoms with Gasteiger partial charge < -0.3 is 4.90 Å². The Labute approximate surface area is 168 Å². The van der Waals surface area contributed by atoms with Crippen LogP contribution >= 0.6 is 11.6 Å². The number of aromatic nitrogens is 4. The van der Waals surface area contributed by atoms with E-state index in [1.165, 1.54) is 6.20 Å². The smallest absolute Gasteiger partial charge is 0.255 e. The monoisotopic (exact) mass is 393 g/mol. The molecule has 0 aromatic carbocycles. The van der Waals surface area contributed by atoms with Gasteiger partial charge in [0.05, 0.1) is 11.3 Å². The van der Waals surface area contributed by atoms with Crippen molar-refractivity contribution in [2.24, 2.45) is 0 Å². The molecule has 0 bridgehead atoms. The van der Waals surface area contributed by atoms with Crippen molar-refractivity contribution >= 4 is 17.5 Å². The quantitative estimate of drug-likeness (QED) is 0.631. The maximum absolute atomic E-state index is 12.9. The van der Waals surface area contributed by atoms with Crippen LogP contribution in [-0.2, 0) is 0 Å². The van der Waals surface area contributed by atoms with Crippen molar-refractivity contribution in [1.29, 1.82) is 0 Å². The third-order valence-electron chi connectivity index (χ3n) is 5.00. The molecule has 142 valence electrons. The summed E-state index contributed by atoms with van der Waals surface area (Å²) in [6.45, 7) is 3.24. The Morgan fingerprint density at radius 1 is 1.14 bits per heavy atom. The number of likely N-dealkylation sites (tertiary alicyclic amines) is 1. The average molecular weight is 394 g/mol. The topological polar surface area (TPSA) is 71.9 Å². The van der Waals surface area contributed by atoms with E-state index in [0.717, 1.165) is 42.0 Å². The third-order valence-corrected chi connectivity index (χ3v) is 5.22. The van der Waals surface area contributed by atoms with Crippen LogP contribution in [0.4, 0.5) is 0 Å². The Morgan fingerprint density at radius 2 is 1.96 bits per heavy atom. The first-order chi connectivity index (χ1) is 13.6. The predicted molar refractivity (Wildman–Crippen MR) is 107 cm³/mol. The van der Waals surface area contributed by atoms with E-state index >= 15 is 0 Å². The van der Waals surface area contributed by atoms with Crippen molar-refractivity contribution in [3.63, 3.8) is 0 Å². The summed E-state index contributed by atoms with van der Waals surface area (Å²) in [5, 5.41) is 0.381. The number of piperidine rings is 1. The number of carbonyl (C=O) groups is 1. The second kappa shape index (κ2) is 8.02. The minimum absolute atomic E-state index is 0.0231. The van der Waals surface area contributed by atoms with Gasteiger partial charge in [0.25, 0.3) is 5.91 Å². The summed E-state index contributed by atoms with van der Waals surface area (Å²) in [6.07, 6.45) is 8.85. The summed E-state index contributed by atoms with van der Waals surface area (Å²) in [6, 6.07) is 7.29. The zero-order valence-corrected chi connectivity index (χ0v) is 16.3. The van der Waals surface area contributed by atoms with Crippen molar-refractivity contribution in [2.45, 2.75) is 25.7 Å². The number of nitrogens with zero attached hydrogens (tertiary/aromatic N) is 5. The molecule has 28 heavy (non-hydrogen) atoms.